The zero-order valence-electron chi connectivity index (χ0n) is 11.4. The number of benzene rings is 2. The van der Waals surface area contributed by atoms with E-state index in [4.69, 9.17) is 39.5 Å². The Bertz CT molecular complexity index is 596. The van der Waals surface area contributed by atoms with E-state index in [0.717, 1.165) is 5.56 Å². The molecule has 0 saturated heterocycles. The number of hydrogen-bond donors (Lipinski definition) is 1. The Balaban J connectivity index is 2.04. The standard InChI is InChI=1S/C16H15Cl3O2/c1-10(21-12-5-2-4-11(17)8-12)16(20)9-13-14(18)6-3-7-15(13)19/h2-8,10,16,20H,9H2,1H3. The summed E-state index contributed by atoms with van der Waals surface area (Å²) in [5.41, 5.74) is 0.717. The van der Waals surface area contributed by atoms with Crippen LogP contribution in [-0.2, 0) is 6.42 Å². The van der Waals surface area contributed by atoms with Crippen LogP contribution in [0, 0.1) is 0 Å². The molecule has 0 heterocycles. The monoisotopic (exact) mass is 344 g/mol. The lowest BCUT2D eigenvalue weighted by Crippen LogP contribution is -2.30. The van der Waals surface area contributed by atoms with Crippen molar-refractivity contribution in [2.45, 2.75) is 25.6 Å². The maximum Gasteiger partial charge on any atom is 0.122 e. The predicted molar refractivity (Wildman–Crippen MR) is 87.7 cm³/mol. The van der Waals surface area contributed by atoms with Crippen molar-refractivity contribution in [3.63, 3.8) is 0 Å². The van der Waals surface area contributed by atoms with Gasteiger partial charge in [-0.3, -0.25) is 0 Å². The van der Waals surface area contributed by atoms with Gasteiger partial charge in [0.1, 0.15) is 11.9 Å². The first kappa shape index (κ1) is 16.4. The fraction of sp³-hybridized carbons (Fsp3) is 0.250. The van der Waals surface area contributed by atoms with Crippen molar-refractivity contribution in [2.24, 2.45) is 0 Å². The van der Waals surface area contributed by atoms with Crippen LogP contribution < -0.4 is 4.74 Å². The molecular formula is C16H15Cl3O2. The van der Waals surface area contributed by atoms with Gasteiger partial charge in [0.2, 0.25) is 0 Å². The van der Waals surface area contributed by atoms with Gasteiger partial charge in [0, 0.05) is 21.5 Å². The number of rotatable bonds is 5. The minimum absolute atomic E-state index is 0.320. The van der Waals surface area contributed by atoms with Crippen LogP contribution in [0.3, 0.4) is 0 Å². The van der Waals surface area contributed by atoms with Crippen LogP contribution in [0.25, 0.3) is 0 Å². The second-order valence-corrected chi connectivity index (χ2v) is 6.00. The van der Waals surface area contributed by atoms with E-state index in [-0.39, 0.29) is 0 Å². The zero-order chi connectivity index (χ0) is 15.4. The number of halogens is 3. The van der Waals surface area contributed by atoms with Crippen molar-refractivity contribution >= 4 is 34.8 Å². The molecule has 0 bridgehead atoms. The third-order valence-electron chi connectivity index (χ3n) is 3.13. The van der Waals surface area contributed by atoms with Crippen molar-refractivity contribution in [3.8, 4) is 5.75 Å². The molecule has 0 saturated carbocycles. The molecule has 0 amide bonds. The lowest BCUT2D eigenvalue weighted by atomic mass is 10.0. The normalized spacial score (nSPS) is 13.8. The highest BCUT2D eigenvalue weighted by Crippen LogP contribution is 2.27. The molecular weight excluding hydrogens is 331 g/mol. The Kier molecular flexibility index (Phi) is 5.77. The van der Waals surface area contributed by atoms with Gasteiger partial charge in [0.15, 0.2) is 0 Å². The molecule has 21 heavy (non-hydrogen) atoms. The van der Waals surface area contributed by atoms with Crippen LogP contribution in [-0.4, -0.2) is 17.3 Å². The van der Waals surface area contributed by atoms with E-state index >= 15 is 0 Å². The first-order valence-corrected chi connectivity index (χ1v) is 7.64. The Morgan fingerprint density at radius 1 is 1.05 bits per heavy atom. The summed E-state index contributed by atoms with van der Waals surface area (Å²) >= 11 is 18.1. The van der Waals surface area contributed by atoms with Crippen LogP contribution in [0.2, 0.25) is 15.1 Å². The number of ether oxygens (including phenoxy) is 1. The minimum Gasteiger partial charge on any atom is -0.488 e. The van der Waals surface area contributed by atoms with Gasteiger partial charge in [-0.15, -0.1) is 0 Å². The van der Waals surface area contributed by atoms with E-state index in [1.165, 1.54) is 0 Å². The van der Waals surface area contributed by atoms with Gasteiger partial charge < -0.3 is 9.84 Å². The molecule has 5 heteroatoms. The maximum absolute atomic E-state index is 10.3. The maximum atomic E-state index is 10.3. The van der Waals surface area contributed by atoms with Gasteiger partial charge in [-0.25, -0.2) is 0 Å². The summed E-state index contributed by atoms with van der Waals surface area (Å²) in [6, 6.07) is 12.3. The summed E-state index contributed by atoms with van der Waals surface area (Å²) in [5, 5.41) is 11.9. The van der Waals surface area contributed by atoms with E-state index in [2.05, 4.69) is 0 Å². The smallest absolute Gasteiger partial charge is 0.122 e. The summed E-state index contributed by atoms with van der Waals surface area (Å²) in [6.07, 6.45) is -0.836. The molecule has 0 aliphatic carbocycles. The molecule has 0 aliphatic heterocycles. The summed E-state index contributed by atoms with van der Waals surface area (Å²) < 4.78 is 5.69. The van der Waals surface area contributed by atoms with Crippen molar-refractivity contribution < 1.29 is 9.84 Å². The lowest BCUT2D eigenvalue weighted by molar-refractivity contribution is 0.0479. The van der Waals surface area contributed by atoms with Gasteiger partial charge >= 0.3 is 0 Å². The Morgan fingerprint density at radius 3 is 2.29 bits per heavy atom. The van der Waals surface area contributed by atoms with Gasteiger partial charge in [-0.05, 0) is 42.8 Å². The fourth-order valence-electron chi connectivity index (χ4n) is 1.94. The molecule has 112 valence electrons. The van der Waals surface area contributed by atoms with E-state index < -0.39 is 12.2 Å². The summed E-state index contributed by atoms with van der Waals surface area (Å²) in [6.45, 7) is 1.79. The molecule has 0 aliphatic rings. The lowest BCUT2D eigenvalue weighted by Gasteiger charge is -2.21. The third kappa shape index (κ3) is 4.52. The highest BCUT2D eigenvalue weighted by molar-refractivity contribution is 6.36. The van der Waals surface area contributed by atoms with Crippen LogP contribution in [0.5, 0.6) is 5.75 Å². The largest absolute Gasteiger partial charge is 0.488 e. The molecule has 2 rings (SSSR count). The van der Waals surface area contributed by atoms with Crippen LogP contribution in [0.4, 0.5) is 0 Å². The molecule has 2 nitrogen and oxygen atoms in total. The molecule has 2 aromatic rings. The van der Waals surface area contributed by atoms with Gasteiger partial charge in [-0.2, -0.15) is 0 Å². The van der Waals surface area contributed by atoms with E-state index in [1.807, 2.05) is 0 Å². The third-order valence-corrected chi connectivity index (χ3v) is 4.08. The second-order valence-electron chi connectivity index (χ2n) is 4.75. The molecule has 2 aromatic carbocycles. The average molecular weight is 346 g/mol. The van der Waals surface area contributed by atoms with E-state index in [0.29, 0.717) is 27.2 Å². The number of aliphatic hydroxyl groups excluding tert-OH is 1. The van der Waals surface area contributed by atoms with Crippen molar-refractivity contribution in [3.05, 3.63) is 63.1 Å². The molecule has 0 radical (unpaired) electrons. The Labute approximate surface area is 139 Å². The molecule has 1 N–H and O–H groups in total. The highest BCUT2D eigenvalue weighted by Gasteiger charge is 2.19. The highest BCUT2D eigenvalue weighted by atomic mass is 35.5. The molecule has 0 aromatic heterocycles. The topological polar surface area (TPSA) is 29.5 Å². The van der Waals surface area contributed by atoms with Crippen molar-refractivity contribution in [1.82, 2.24) is 0 Å². The zero-order valence-corrected chi connectivity index (χ0v) is 13.7. The predicted octanol–water partition coefficient (Wildman–Crippen LogP) is 5.02. The van der Waals surface area contributed by atoms with Crippen LogP contribution in [0.1, 0.15) is 12.5 Å². The SMILES string of the molecule is CC(Oc1cccc(Cl)c1)C(O)Cc1c(Cl)cccc1Cl. The van der Waals surface area contributed by atoms with Gasteiger partial charge in [-0.1, -0.05) is 46.9 Å². The molecule has 0 spiro atoms. The van der Waals surface area contributed by atoms with Crippen LogP contribution in [0.15, 0.2) is 42.5 Å². The van der Waals surface area contributed by atoms with Gasteiger partial charge in [0.25, 0.3) is 0 Å². The first-order chi connectivity index (χ1) is 9.97. The second kappa shape index (κ2) is 7.37. The van der Waals surface area contributed by atoms with E-state index in [9.17, 15) is 5.11 Å². The van der Waals surface area contributed by atoms with Gasteiger partial charge in [0.05, 0.1) is 6.10 Å². The first-order valence-electron chi connectivity index (χ1n) is 6.50. The fourth-order valence-corrected chi connectivity index (χ4v) is 2.67. The Hall–Kier alpha value is -0.930. The summed E-state index contributed by atoms with van der Waals surface area (Å²) in [4.78, 5) is 0. The van der Waals surface area contributed by atoms with Crippen molar-refractivity contribution in [2.75, 3.05) is 0 Å². The van der Waals surface area contributed by atoms with E-state index in [1.54, 1.807) is 49.4 Å². The molecule has 2 unspecified atom stereocenters. The van der Waals surface area contributed by atoms with Crippen LogP contribution >= 0.6 is 34.8 Å². The molecule has 0 fully saturated rings. The summed E-state index contributed by atoms with van der Waals surface area (Å²) in [5.74, 6) is 0.610. The number of hydrogen-bond acceptors (Lipinski definition) is 2. The molecule has 2 atom stereocenters. The summed E-state index contributed by atoms with van der Waals surface area (Å²) in [7, 11) is 0. The number of aliphatic hydroxyl groups is 1. The quantitative estimate of drug-likeness (QED) is 0.824. The Morgan fingerprint density at radius 2 is 1.67 bits per heavy atom. The van der Waals surface area contributed by atoms with Crippen molar-refractivity contribution in [1.29, 1.82) is 0 Å². The average Bonchev–Trinajstić information content (AvgIpc) is 2.43. The minimum atomic E-state index is -0.735.